The van der Waals surface area contributed by atoms with E-state index in [4.69, 9.17) is 4.74 Å². The molecule has 6 nitrogen and oxygen atoms in total. The number of aromatic nitrogens is 1. The largest absolute Gasteiger partial charge is 0.468 e. The Bertz CT molecular complexity index is 565. The van der Waals surface area contributed by atoms with Gasteiger partial charge in [0.05, 0.1) is 7.11 Å². The summed E-state index contributed by atoms with van der Waals surface area (Å²) >= 11 is 0. The minimum Gasteiger partial charge on any atom is -0.468 e. The summed E-state index contributed by atoms with van der Waals surface area (Å²) in [5.74, 6) is -0.523. The maximum absolute atomic E-state index is 12.4. The highest BCUT2D eigenvalue weighted by Crippen LogP contribution is 2.31. The van der Waals surface area contributed by atoms with E-state index in [9.17, 15) is 13.2 Å². The normalized spacial score (nSPS) is 18.4. The van der Waals surface area contributed by atoms with Gasteiger partial charge in [-0.15, -0.1) is 0 Å². The maximum Gasteiger partial charge on any atom is 0.327 e. The lowest BCUT2D eigenvalue weighted by atomic mass is 9.83. The van der Waals surface area contributed by atoms with E-state index >= 15 is 0 Å². The molecule has 20 heavy (non-hydrogen) atoms. The fourth-order valence-electron chi connectivity index (χ4n) is 2.52. The van der Waals surface area contributed by atoms with Gasteiger partial charge in [0.1, 0.15) is 10.4 Å². The van der Waals surface area contributed by atoms with Gasteiger partial charge in [0, 0.05) is 12.4 Å². The van der Waals surface area contributed by atoms with Crippen molar-refractivity contribution in [3.8, 4) is 0 Å². The molecule has 1 aliphatic rings. The number of sulfonamides is 1. The lowest BCUT2D eigenvalue weighted by Gasteiger charge is -2.34. The molecule has 0 amide bonds. The Morgan fingerprint density at radius 2 is 2.05 bits per heavy atom. The topological polar surface area (TPSA) is 85.4 Å². The van der Waals surface area contributed by atoms with E-state index in [2.05, 4.69) is 9.71 Å². The maximum atomic E-state index is 12.4. The number of carbonyl (C=O) groups is 1. The van der Waals surface area contributed by atoms with Crippen LogP contribution >= 0.6 is 0 Å². The summed E-state index contributed by atoms with van der Waals surface area (Å²) in [6.45, 7) is 0. The van der Waals surface area contributed by atoms with Crippen LogP contribution in [0.4, 0.5) is 0 Å². The van der Waals surface area contributed by atoms with Crippen LogP contribution in [0.5, 0.6) is 0 Å². The van der Waals surface area contributed by atoms with Crippen molar-refractivity contribution in [1.29, 1.82) is 0 Å². The van der Waals surface area contributed by atoms with E-state index in [0.29, 0.717) is 12.8 Å². The molecule has 0 spiro atoms. The van der Waals surface area contributed by atoms with E-state index in [1.54, 1.807) is 6.07 Å². The molecule has 0 aliphatic heterocycles. The van der Waals surface area contributed by atoms with Gasteiger partial charge < -0.3 is 4.74 Å². The number of rotatable bonds is 4. The number of esters is 1. The Morgan fingerprint density at radius 3 is 2.60 bits per heavy atom. The smallest absolute Gasteiger partial charge is 0.327 e. The number of methoxy groups -OCH3 is 1. The molecular weight excluding hydrogens is 280 g/mol. The van der Waals surface area contributed by atoms with Crippen molar-refractivity contribution >= 4 is 16.0 Å². The second-order valence-electron chi connectivity index (χ2n) is 4.93. The quantitative estimate of drug-likeness (QED) is 0.845. The van der Waals surface area contributed by atoms with Crippen LogP contribution in [0.25, 0.3) is 0 Å². The third kappa shape index (κ3) is 2.99. The van der Waals surface area contributed by atoms with Crippen molar-refractivity contribution in [3.05, 3.63) is 24.5 Å². The zero-order valence-corrected chi connectivity index (χ0v) is 12.1. The molecule has 1 aliphatic carbocycles. The molecule has 1 heterocycles. The molecule has 1 aromatic rings. The van der Waals surface area contributed by atoms with E-state index in [0.717, 1.165) is 19.3 Å². The summed E-state index contributed by atoms with van der Waals surface area (Å²) in [5.41, 5.74) is -1.15. The SMILES string of the molecule is COC(=O)C1(NS(=O)(=O)c2cccnc2)CCCCC1. The van der Waals surface area contributed by atoms with Gasteiger partial charge in [0.25, 0.3) is 0 Å². The number of ether oxygens (including phenoxy) is 1. The molecule has 0 aromatic carbocycles. The van der Waals surface area contributed by atoms with Crippen LogP contribution < -0.4 is 4.72 Å². The van der Waals surface area contributed by atoms with E-state index in [-0.39, 0.29) is 4.90 Å². The second kappa shape index (κ2) is 5.88. The van der Waals surface area contributed by atoms with E-state index < -0.39 is 21.5 Å². The first kappa shape index (κ1) is 14.9. The van der Waals surface area contributed by atoms with Crippen molar-refractivity contribution in [2.24, 2.45) is 0 Å². The van der Waals surface area contributed by atoms with Gasteiger partial charge >= 0.3 is 5.97 Å². The molecule has 0 saturated heterocycles. The van der Waals surface area contributed by atoms with Gasteiger partial charge in [0.15, 0.2) is 0 Å². The number of carbonyl (C=O) groups excluding carboxylic acids is 1. The Balaban J connectivity index is 2.30. The highest BCUT2D eigenvalue weighted by molar-refractivity contribution is 7.89. The summed E-state index contributed by atoms with van der Waals surface area (Å²) in [6, 6.07) is 2.99. The van der Waals surface area contributed by atoms with Crippen molar-refractivity contribution in [2.75, 3.05) is 7.11 Å². The van der Waals surface area contributed by atoms with Crippen LogP contribution in [0.2, 0.25) is 0 Å². The number of hydrogen-bond donors (Lipinski definition) is 1. The molecule has 0 radical (unpaired) electrons. The molecule has 0 atom stereocenters. The molecule has 0 bridgehead atoms. The fourth-order valence-corrected chi connectivity index (χ4v) is 3.90. The van der Waals surface area contributed by atoms with E-state index in [1.165, 1.54) is 25.6 Å². The van der Waals surface area contributed by atoms with Gasteiger partial charge in [-0.2, -0.15) is 4.72 Å². The number of nitrogens with one attached hydrogen (secondary N) is 1. The molecule has 1 N–H and O–H groups in total. The Morgan fingerprint density at radius 1 is 1.35 bits per heavy atom. The van der Waals surface area contributed by atoms with Crippen molar-refractivity contribution in [1.82, 2.24) is 9.71 Å². The van der Waals surface area contributed by atoms with Crippen LogP contribution in [0.1, 0.15) is 32.1 Å². The van der Waals surface area contributed by atoms with Crippen LogP contribution in [-0.2, 0) is 19.6 Å². The minimum atomic E-state index is -3.79. The average Bonchev–Trinajstić information content (AvgIpc) is 2.48. The average molecular weight is 298 g/mol. The highest BCUT2D eigenvalue weighted by Gasteiger charge is 2.44. The number of nitrogens with zero attached hydrogens (tertiary/aromatic N) is 1. The summed E-state index contributed by atoms with van der Waals surface area (Å²) in [5, 5.41) is 0. The van der Waals surface area contributed by atoms with Gasteiger partial charge in [-0.3, -0.25) is 9.78 Å². The Hall–Kier alpha value is -1.47. The third-order valence-electron chi connectivity index (χ3n) is 3.56. The predicted molar refractivity (Wildman–Crippen MR) is 72.4 cm³/mol. The zero-order chi connectivity index (χ0) is 14.6. The summed E-state index contributed by atoms with van der Waals surface area (Å²) in [6.07, 6.45) is 6.26. The van der Waals surface area contributed by atoms with Crippen LogP contribution in [-0.4, -0.2) is 32.0 Å². The van der Waals surface area contributed by atoms with Crippen LogP contribution in [0.3, 0.4) is 0 Å². The zero-order valence-electron chi connectivity index (χ0n) is 11.3. The van der Waals surface area contributed by atoms with Gasteiger partial charge in [-0.25, -0.2) is 8.42 Å². The van der Waals surface area contributed by atoms with Crippen molar-refractivity contribution in [2.45, 2.75) is 42.5 Å². The Kier molecular flexibility index (Phi) is 4.39. The molecule has 1 fully saturated rings. The number of pyridine rings is 1. The van der Waals surface area contributed by atoms with Crippen molar-refractivity contribution in [3.63, 3.8) is 0 Å². The summed E-state index contributed by atoms with van der Waals surface area (Å²) in [4.78, 5) is 15.9. The summed E-state index contributed by atoms with van der Waals surface area (Å²) in [7, 11) is -2.51. The van der Waals surface area contributed by atoms with Crippen molar-refractivity contribution < 1.29 is 17.9 Å². The van der Waals surface area contributed by atoms with E-state index in [1.807, 2.05) is 0 Å². The Labute approximate surface area is 118 Å². The molecule has 0 unspecified atom stereocenters. The molecule has 2 rings (SSSR count). The van der Waals surface area contributed by atoms with Crippen LogP contribution in [0.15, 0.2) is 29.4 Å². The second-order valence-corrected chi connectivity index (χ2v) is 6.61. The summed E-state index contributed by atoms with van der Waals surface area (Å²) < 4.78 is 32.1. The molecule has 1 saturated carbocycles. The predicted octanol–water partition coefficient (Wildman–Crippen LogP) is 1.24. The number of hydrogen-bond acceptors (Lipinski definition) is 5. The third-order valence-corrected chi connectivity index (χ3v) is 5.08. The van der Waals surface area contributed by atoms with Gasteiger partial charge in [0.2, 0.25) is 10.0 Å². The van der Waals surface area contributed by atoms with Gasteiger partial charge in [-0.05, 0) is 25.0 Å². The fraction of sp³-hybridized carbons (Fsp3) is 0.538. The lowest BCUT2D eigenvalue weighted by Crippen LogP contribution is -2.55. The first-order chi connectivity index (χ1) is 9.50. The standard InChI is InChI=1S/C13H18N2O4S/c1-19-12(16)13(7-3-2-4-8-13)15-20(17,18)11-6-5-9-14-10-11/h5-6,9-10,15H,2-4,7-8H2,1H3. The van der Waals surface area contributed by atoms with Gasteiger partial charge in [-0.1, -0.05) is 19.3 Å². The highest BCUT2D eigenvalue weighted by atomic mass is 32.2. The molecule has 1 aromatic heterocycles. The van der Waals surface area contributed by atoms with Crippen LogP contribution in [0, 0.1) is 0 Å². The molecular formula is C13H18N2O4S. The monoisotopic (exact) mass is 298 g/mol. The molecule has 110 valence electrons. The first-order valence-electron chi connectivity index (χ1n) is 6.53. The first-order valence-corrected chi connectivity index (χ1v) is 8.01. The minimum absolute atomic E-state index is 0.0499. The lowest BCUT2D eigenvalue weighted by molar-refractivity contribution is -0.149. The molecule has 7 heteroatoms.